The molecule has 1 heterocycles. The van der Waals surface area contributed by atoms with Crippen LogP contribution in [0.25, 0.3) is 0 Å². The number of nitrogens with zero attached hydrogens (tertiary/aromatic N) is 2. The van der Waals surface area contributed by atoms with E-state index in [0.717, 1.165) is 12.5 Å². The topological polar surface area (TPSA) is 32.5 Å². The van der Waals surface area contributed by atoms with Crippen molar-refractivity contribution in [2.75, 3.05) is 39.3 Å². The fourth-order valence-corrected chi connectivity index (χ4v) is 3.34. The Morgan fingerprint density at radius 1 is 1.06 bits per heavy atom. The lowest BCUT2D eigenvalue weighted by molar-refractivity contribution is 0.120. The molecule has 1 unspecified atom stereocenters. The molecule has 1 atom stereocenters. The largest absolute Gasteiger partial charge is 0.326 e. The number of hydrogen-bond acceptors (Lipinski definition) is 3. The van der Waals surface area contributed by atoms with E-state index in [1.807, 2.05) is 0 Å². The molecule has 0 bridgehead atoms. The van der Waals surface area contributed by atoms with Crippen LogP contribution in [0.2, 0.25) is 0 Å². The first-order valence-corrected chi connectivity index (χ1v) is 7.50. The summed E-state index contributed by atoms with van der Waals surface area (Å²) in [4.78, 5) is 5.16. The lowest BCUT2D eigenvalue weighted by atomic mass is 9.98. The van der Waals surface area contributed by atoms with Crippen LogP contribution in [0.15, 0.2) is 0 Å². The molecule has 0 aromatic carbocycles. The van der Waals surface area contributed by atoms with Crippen molar-refractivity contribution in [3.63, 3.8) is 0 Å². The van der Waals surface area contributed by atoms with Gasteiger partial charge in [-0.15, -0.1) is 0 Å². The van der Waals surface area contributed by atoms with E-state index in [-0.39, 0.29) is 0 Å². The lowest BCUT2D eigenvalue weighted by Gasteiger charge is -2.36. The third-order valence-electron chi connectivity index (χ3n) is 4.48. The third-order valence-corrected chi connectivity index (χ3v) is 4.48. The van der Waals surface area contributed by atoms with Crippen molar-refractivity contribution in [2.24, 2.45) is 11.7 Å². The summed E-state index contributed by atoms with van der Waals surface area (Å²) in [5.41, 5.74) is 6.35. The molecule has 0 aromatic heterocycles. The summed E-state index contributed by atoms with van der Waals surface area (Å²) >= 11 is 0. The van der Waals surface area contributed by atoms with Gasteiger partial charge in [-0.1, -0.05) is 19.8 Å². The molecule has 2 fully saturated rings. The Morgan fingerprint density at radius 2 is 1.65 bits per heavy atom. The highest BCUT2D eigenvalue weighted by molar-refractivity contribution is 4.82. The van der Waals surface area contributed by atoms with Crippen molar-refractivity contribution in [3.05, 3.63) is 0 Å². The normalized spacial score (nSPS) is 26.5. The summed E-state index contributed by atoms with van der Waals surface area (Å²) in [5, 5.41) is 0. The van der Waals surface area contributed by atoms with Crippen molar-refractivity contribution in [2.45, 2.75) is 45.1 Å². The molecule has 3 heteroatoms. The Kier molecular flexibility index (Phi) is 5.26. The fourth-order valence-electron chi connectivity index (χ4n) is 3.34. The highest BCUT2D eigenvalue weighted by Crippen LogP contribution is 2.27. The van der Waals surface area contributed by atoms with E-state index in [1.54, 1.807) is 0 Å². The Balaban J connectivity index is 1.66. The molecule has 1 aliphatic heterocycles. The summed E-state index contributed by atoms with van der Waals surface area (Å²) in [7, 11) is 0. The predicted octanol–water partition coefficient (Wildman–Crippen LogP) is 1.53. The molecule has 2 rings (SSSR count). The zero-order chi connectivity index (χ0) is 12.1. The van der Waals surface area contributed by atoms with Gasteiger partial charge in [0.1, 0.15) is 0 Å². The minimum Gasteiger partial charge on any atom is -0.326 e. The maximum absolute atomic E-state index is 6.35. The number of hydrogen-bond donors (Lipinski definition) is 1. The molecule has 0 spiro atoms. The molecule has 2 aliphatic rings. The van der Waals surface area contributed by atoms with Gasteiger partial charge in [0.15, 0.2) is 0 Å². The van der Waals surface area contributed by atoms with Crippen molar-refractivity contribution in [1.82, 2.24) is 9.80 Å². The molecule has 0 radical (unpaired) electrons. The highest BCUT2D eigenvalue weighted by Gasteiger charge is 2.25. The fraction of sp³-hybridized carbons (Fsp3) is 1.00. The maximum Gasteiger partial charge on any atom is 0.0196 e. The molecule has 1 saturated carbocycles. The maximum atomic E-state index is 6.35. The summed E-state index contributed by atoms with van der Waals surface area (Å²) in [6.45, 7) is 9.59. The van der Waals surface area contributed by atoms with Crippen LogP contribution in [0.4, 0.5) is 0 Å². The molecule has 2 N–H and O–H groups in total. The minimum atomic E-state index is 0.426. The van der Waals surface area contributed by atoms with Gasteiger partial charge >= 0.3 is 0 Å². The zero-order valence-corrected chi connectivity index (χ0v) is 11.4. The zero-order valence-electron chi connectivity index (χ0n) is 11.4. The average molecular weight is 239 g/mol. The number of piperazine rings is 1. The van der Waals surface area contributed by atoms with Gasteiger partial charge in [0, 0.05) is 38.8 Å². The van der Waals surface area contributed by atoms with Crippen molar-refractivity contribution >= 4 is 0 Å². The molecule has 17 heavy (non-hydrogen) atoms. The van der Waals surface area contributed by atoms with E-state index < -0.39 is 0 Å². The lowest BCUT2D eigenvalue weighted by Crippen LogP contribution is -2.51. The summed E-state index contributed by atoms with van der Waals surface area (Å²) in [6.07, 6.45) is 6.83. The van der Waals surface area contributed by atoms with Gasteiger partial charge < -0.3 is 10.6 Å². The summed E-state index contributed by atoms with van der Waals surface area (Å²) in [5.74, 6) is 0.809. The van der Waals surface area contributed by atoms with E-state index in [1.165, 1.54) is 64.8 Å². The van der Waals surface area contributed by atoms with Crippen molar-refractivity contribution in [3.8, 4) is 0 Å². The Hall–Kier alpha value is -0.120. The second-order valence-corrected chi connectivity index (χ2v) is 5.85. The summed E-state index contributed by atoms with van der Waals surface area (Å²) < 4.78 is 0. The predicted molar refractivity (Wildman–Crippen MR) is 73.1 cm³/mol. The van der Waals surface area contributed by atoms with Gasteiger partial charge in [0.25, 0.3) is 0 Å². The van der Waals surface area contributed by atoms with E-state index in [4.69, 9.17) is 5.73 Å². The monoisotopic (exact) mass is 239 g/mol. The van der Waals surface area contributed by atoms with Crippen LogP contribution in [0.5, 0.6) is 0 Å². The first kappa shape index (κ1) is 13.3. The third kappa shape index (κ3) is 3.94. The van der Waals surface area contributed by atoms with Gasteiger partial charge in [0.05, 0.1) is 0 Å². The van der Waals surface area contributed by atoms with E-state index >= 15 is 0 Å². The van der Waals surface area contributed by atoms with Crippen molar-refractivity contribution in [1.29, 1.82) is 0 Å². The van der Waals surface area contributed by atoms with Crippen LogP contribution in [0.3, 0.4) is 0 Å². The quantitative estimate of drug-likeness (QED) is 0.790. The first-order valence-electron chi connectivity index (χ1n) is 7.50. The SMILES string of the molecule is CCCN1CCN(CC(N)C2CCCC2)CC1. The Bertz CT molecular complexity index is 206. The van der Waals surface area contributed by atoms with Crippen LogP contribution in [-0.2, 0) is 0 Å². The molecule has 0 amide bonds. The minimum absolute atomic E-state index is 0.426. The van der Waals surface area contributed by atoms with E-state index in [0.29, 0.717) is 6.04 Å². The average Bonchev–Trinajstić information content (AvgIpc) is 2.86. The highest BCUT2D eigenvalue weighted by atomic mass is 15.3. The molecule has 0 aromatic rings. The van der Waals surface area contributed by atoms with Gasteiger partial charge in [-0.2, -0.15) is 0 Å². The van der Waals surface area contributed by atoms with Gasteiger partial charge in [-0.05, 0) is 31.7 Å². The molecular formula is C14H29N3. The van der Waals surface area contributed by atoms with Crippen LogP contribution in [0.1, 0.15) is 39.0 Å². The number of nitrogens with two attached hydrogens (primary N) is 1. The first-order chi connectivity index (χ1) is 8.29. The Morgan fingerprint density at radius 3 is 2.24 bits per heavy atom. The van der Waals surface area contributed by atoms with Gasteiger partial charge in [0.2, 0.25) is 0 Å². The van der Waals surface area contributed by atoms with Gasteiger partial charge in [-0.3, -0.25) is 4.90 Å². The molecule has 100 valence electrons. The van der Waals surface area contributed by atoms with Crippen LogP contribution < -0.4 is 5.73 Å². The molecule has 1 aliphatic carbocycles. The van der Waals surface area contributed by atoms with E-state index in [9.17, 15) is 0 Å². The molecular weight excluding hydrogens is 210 g/mol. The second-order valence-electron chi connectivity index (χ2n) is 5.85. The standard InChI is InChI=1S/C14H29N3/c1-2-7-16-8-10-17(11-9-16)12-14(15)13-5-3-4-6-13/h13-14H,2-12,15H2,1H3. The number of rotatable bonds is 5. The van der Waals surface area contributed by atoms with E-state index in [2.05, 4.69) is 16.7 Å². The van der Waals surface area contributed by atoms with Crippen LogP contribution in [-0.4, -0.2) is 55.1 Å². The van der Waals surface area contributed by atoms with Gasteiger partial charge in [-0.25, -0.2) is 0 Å². The second kappa shape index (κ2) is 6.72. The van der Waals surface area contributed by atoms with Crippen molar-refractivity contribution < 1.29 is 0 Å². The Labute approximate surface area is 106 Å². The van der Waals surface area contributed by atoms with Crippen LogP contribution in [0, 0.1) is 5.92 Å². The summed E-state index contributed by atoms with van der Waals surface area (Å²) in [6, 6.07) is 0.426. The molecule has 1 saturated heterocycles. The molecule has 3 nitrogen and oxygen atoms in total. The smallest absolute Gasteiger partial charge is 0.0196 e. The van der Waals surface area contributed by atoms with Crippen LogP contribution >= 0.6 is 0 Å².